The third-order valence-corrected chi connectivity index (χ3v) is 5.66. The Balaban J connectivity index is 1.63. The van der Waals surface area contributed by atoms with Crippen molar-refractivity contribution in [1.29, 1.82) is 0 Å². The van der Waals surface area contributed by atoms with Gasteiger partial charge in [-0.15, -0.1) is 0 Å². The topological polar surface area (TPSA) is 119 Å². The van der Waals surface area contributed by atoms with Crippen molar-refractivity contribution >= 4 is 46.9 Å². The van der Waals surface area contributed by atoms with E-state index in [-0.39, 0.29) is 23.6 Å². The van der Waals surface area contributed by atoms with Crippen molar-refractivity contribution in [2.75, 3.05) is 4.90 Å². The van der Waals surface area contributed by atoms with Crippen molar-refractivity contribution in [2.24, 2.45) is 0 Å². The number of carbonyl (C=O) groups excluding carboxylic acids is 3. The van der Waals surface area contributed by atoms with E-state index in [4.69, 9.17) is 16.3 Å². The molecule has 3 aromatic rings. The number of para-hydroxylation sites is 1. The number of aryl methyl sites for hydroxylation is 1. The van der Waals surface area contributed by atoms with E-state index in [2.05, 4.69) is 5.32 Å². The molecule has 0 aromatic heterocycles. The number of non-ortho nitro benzene ring substituents is 1. The van der Waals surface area contributed by atoms with Crippen LogP contribution in [0.4, 0.5) is 16.2 Å². The lowest BCUT2D eigenvalue weighted by Crippen LogP contribution is -2.54. The van der Waals surface area contributed by atoms with Crippen molar-refractivity contribution < 1.29 is 24.0 Å². The standard InChI is InChI=1S/C25H18ClN3O6/c1-15-9-10-18(13-21(15)26)28-24(31)20(23(30)27-25(28)32)12-17-6-2-3-8-22(17)35-14-16-5-4-7-19(11-16)29(33)34/h2-13H,14H2,1H3,(H,27,30,32). The highest BCUT2D eigenvalue weighted by atomic mass is 35.5. The lowest BCUT2D eigenvalue weighted by molar-refractivity contribution is -0.384. The molecule has 1 N–H and O–H groups in total. The number of nitrogens with zero attached hydrogens (tertiary/aromatic N) is 2. The highest BCUT2D eigenvalue weighted by molar-refractivity contribution is 6.39. The van der Waals surface area contributed by atoms with Gasteiger partial charge in [0, 0.05) is 22.7 Å². The molecule has 0 spiro atoms. The molecule has 0 bridgehead atoms. The fraction of sp³-hybridized carbons (Fsp3) is 0.0800. The van der Waals surface area contributed by atoms with Crippen LogP contribution in [0.15, 0.2) is 72.3 Å². The van der Waals surface area contributed by atoms with Crippen LogP contribution in [-0.4, -0.2) is 22.8 Å². The molecule has 0 radical (unpaired) electrons. The highest BCUT2D eigenvalue weighted by Gasteiger charge is 2.37. The lowest BCUT2D eigenvalue weighted by Gasteiger charge is -2.26. The van der Waals surface area contributed by atoms with E-state index in [0.29, 0.717) is 21.9 Å². The lowest BCUT2D eigenvalue weighted by atomic mass is 10.1. The quantitative estimate of drug-likeness (QED) is 0.229. The first-order valence-corrected chi connectivity index (χ1v) is 10.7. The van der Waals surface area contributed by atoms with Gasteiger partial charge in [0.25, 0.3) is 17.5 Å². The Hall–Kier alpha value is -4.50. The normalized spacial score (nSPS) is 14.7. The fourth-order valence-electron chi connectivity index (χ4n) is 3.42. The van der Waals surface area contributed by atoms with E-state index in [0.717, 1.165) is 10.5 Å². The SMILES string of the molecule is Cc1ccc(N2C(=O)NC(=O)C(=Cc3ccccc3OCc3cccc([N+](=O)[O-])c3)C2=O)cc1Cl. The zero-order valence-corrected chi connectivity index (χ0v) is 19.1. The maximum absolute atomic E-state index is 13.2. The number of ether oxygens (including phenoxy) is 1. The molecule has 4 amide bonds. The van der Waals surface area contributed by atoms with Crippen LogP contribution in [-0.2, 0) is 16.2 Å². The molecule has 1 aliphatic heterocycles. The number of urea groups is 1. The highest BCUT2D eigenvalue weighted by Crippen LogP contribution is 2.28. The van der Waals surface area contributed by atoms with Crippen molar-refractivity contribution in [3.05, 3.63) is 104 Å². The van der Waals surface area contributed by atoms with Gasteiger partial charge in [0.05, 0.1) is 10.6 Å². The van der Waals surface area contributed by atoms with Crippen LogP contribution in [0, 0.1) is 17.0 Å². The van der Waals surface area contributed by atoms with Gasteiger partial charge in [-0.2, -0.15) is 0 Å². The van der Waals surface area contributed by atoms with E-state index in [9.17, 15) is 24.5 Å². The summed E-state index contributed by atoms with van der Waals surface area (Å²) in [4.78, 5) is 49.5. The number of anilines is 1. The van der Waals surface area contributed by atoms with E-state index in [1.54, 1.807) is 55.5 Å². The Kier molecular flexibility index (Phi) is 6.61. The summed E-state index contributed by atoms with van der Waals surface area (Å²) in [6.45, 7) is 1.80. The number of rotatable bonds is 6. The fourth-order valence-corrected chi connectivity index (χ4v) is 3.60. The van der Waals surface area contributed by atoms with Gasteiger partial charge < -0.3 is 4.74 Å². The Bertz CT molecular complexity index is 1400. The smallest absolute Gasteiger partial charge is 0.335 e. The zero-order valence-electron chi connectivity index (χ0n) is 18.4. The van der Waals surface area contributed by atoms with Gasteiger partial charge in [-0.05, 0) is 42.3 Å². The molecule has 1 fully saturated rings. The summed E-state index contributed by atoms with van der Waals surface area (Å²) in [6.07, 6.45) is 1.33. The third-order valence-electron chi connectivity index (χ3n) is 5.25. The van der Waals surface area contributed by atoms with Gasteiger partial charge in [-0.1, -0.05) is 48.0 Å². The van der Waals surface area contributed by atoms with Crippen LogP contribution in [0.5, 0.6) is 5.75 Å². The van der Waals surface area contributed by atoms with Crippen molar-refractivity contribution in [2.45, 2.75) is 13.5 Å². The summed E-state index contributed by atoms with van der Waals surface area (Å²) in [5.74, 6) is -1.32. The van der Waals surface area contributed by atoms with Gasteiger partial charge >= 0.3 is 6.03 Å². The predicted molar refractivity (Wildman–Crippen MR) is 129 cm³/mol. The molecule has 3 aromatic carbocycles. The Morgan fingerprint density at radius 3 is 2.57 bits per heavy atom. The van der Waals surface area contributed by atoms with Crippen molar-refractivity contribution in [3.8, 4) is 5.75 Å². The number of barbiturate groups is 1. The molecule has 35 heavy (non-hydrogen) atoms. The molecule has 0 aliphatic carbocycles. The van der Waals surface area contributed by atoms with Crippen molar-refractivity contribution in [3.63, 3.8) is 0 Å². The van der Waals surface area contributed by atoms with E-state index < -0.39 is 22.8 Å². The average Bonchev–Trinajstić information content (AvgIpc) is 2.83. The van der Waals surface area contributed by atoms with Crippen LogP contribution in [0.25, 0.3) is 6.08 Å². The largest absolute Gasteiger partial charge is 0.488 e. The number of hydrogen-bond donors (Lipinski definition) is 1. The number of imide groups is 2. The zero-order chi connectivity index (χ0) is 25.1. The van der Waals surface area contributed by atoms with Gasteiger partial charge in [0.15, 0.2) is 0 Å². The molecule has 0 atom stereocenters. The van der Waals surface area contributed by atoms with Crippen LogP contribution < -0.4 is 15.0 Å². The van der Waals surface area contributed by atoms with Crippen LogP contribution in [0.3, 0.4) is 0 Å². The summed E-state index contributed by atoms with van der Waals surface area (Å²) < 4.78 is 5.82. The molecule has 176 valence electrons. The number of carbonyl (C=O) groups is 3. The molecular weight excluding hydrogens is 474 g/mol. The number of amides is 4. The summed E-state index contributed by atoms with van der Waals surface area (Å²) in [6, 6.07) is 16.5. The second-order valence-corrected chi connectivity index (χ2v) is 8.05. The van der Waals surface area contributed by atoms with Gasteiger partial charge in [-0.25, -0.2) is 9.69 Å². The maximum Gasteiger partial charge on any atom is 0.335 e. The first-order valence-electron chi connectivity index (χ1n) is 10.4. The van der Waals surface area contributed by atoms with Crippen molar-refractivity contribution in [1.82, 2.24) is 5.32 Å². The molecule has 9 nitrogen and oxygen atoms in total. The summed E-state index contributed by atoms with van der Waals surface area (Å²) in [7, 11) is 0. The summed E-state index contributed by atoms with van der Waals surface area (Å²) >= 11 is 6.15. The predicted octanol–water partition coefficient (Wildman–Crippen LogP) is 4.80. The van der Waals surface area contributed by atoms with Gasteiger partial charge in [-0.3, -0.25) is 25.0 Å². The van der Waals surface area contributed by atoms with Crippen LogP contribution >= 0.6 is 11.6 Å². The first-order chi connectivity index (χ1) is 16.7. The Morgan fingerprint density at radius 2 is 1.83 bits per heavy atom. The summed E-state index contributed by atoms with van der Waals surface area (Å²) in [5.41, 5.74) is 1.63. The van der Waals surface area contributed by atoms with Gasteiger partial charge in [0.2, 0.25) is 0 Å². The minimum atomic E-state index is -0.882. The minimum absolute atomic E-state index is 0.0223. The van der Waals surface area contributed by atoms with E-state index in [1.165, 1.54) is 24.3 Å². The number of benzene rings is 3. The Labute approximate surface area is 204 Å². The number of halogens is 1. The molecule has 1 saturated heterocycles. The monoisotopic (exact) mass is 491 g/mol. The first kappa shape index (κ1) is 23.7. The number of nitro groups is 1. The van der Waals surface area contributed by atoms with E-state index >= 15 is 0 Å². The molecule has 1 heterocycles. The average molecular weight is 492 g/mol. The van der Waals surface area contributed by atoms with Gasteiger partial charge in [0.1, 0.15) is 17.9 Å². The number of nitrogens with one attached hydrogen (secondary N) is 1. The molecule has 0 unspecified atom stereocenters. The Morgan fingerprint density at radius 1 is 1.06 bits per heavy atom. The number of nitro benzene ring substituents is 1. The number of hydrogen-bond acceptors (Lipinski definition) is 6. The minimum Gasteiger partial charge on any atom is -0.488 e. The van der Waals surface area contributed by atoms with Crippen LogP contribution in [0.2, 0.25) is 5.02 Å². The molecule has 1 aliphatic rings. The second kappa shape index (κ2) is 9.78. The maximum atomic E-state index is 13.2. The molecule has 10 heteroatoms. The molecular formula is C25H18ClN3O6. The van der Waals surface area contributed by atoms with E-state index in [1.807, 2.05) is 0 Å². The summed E-state index contributed by atoms with van der Waals surface area (Å²) in [5, 5.41) is 13.5. The van der Waals surface area contributed by atoms with Crippen LogP contribution in [0.1, 0.15) is 16.7 Å². The second-order valence-electron chi connectivity index (χ2n) is 7.64. The third kappa shape index (κ3) is 5.04. The molecule has 0 saturated carbocycles. The molecule has 4 rings (SSSR count).